The largest absolute Gasteiger partial charge is 0.484 e. The molecule has 0 aliphatic heterocycles. The van der Waals surface area contributed by atoms with Crippen LogP contribution >= 0.6 is 34.8 Å². The van der Waals surface area contributed by atoms with E-state index in [9.17, 15) is 9.59 Å². The molecule has 0 saturated heterocycles. The average Bonchev–Trinajstić information content (AvgIpc) is 2.74. The number of halogens is 3. The van der Waals surface area contributed by atoms with Gasteiger partial charge >= 0.3 is 0 Å². The fourth-order valence-corrected chi connectivity index (χ4v) is 3.48. The standard InChI is InChI=1S/C23H27Cl3N2O3/c1-4-15(3)27-23(30)21(5-2)28(13-16-9-10-19(25)20(26)11-16)22(29)14-31-18-8-6-7-17(24)12-18/h6-12,15,21H,4-5,13-14H2,1-3H3,(H,27,30). The van der Waals surface area contributed by atoms with Gasteiger partial charge in [0.1, 0.15) is 11.8 Å². The summed E-state index contributed by atoms with van der Waals surface area (Å²) in [6.45, 7) is 5.75. The van der Waals surface area contributed by atoms with Crippen LogP contribution in [0.3, 0.4) is 0 Å². The van der Waals surface area contributed by atoms with Gasteiger partial charge in [0, 0.05) is 17.6 Å². The molecular weight excluding hydrogens is 459 g/mol. The Morgan fingerprint density at radius 2 is 1.77 bits per heavy atom. The Balaban J connectivity index is 2.24. The molecule has 2 aromatic carbocycles. The molecule has 0 spiro atoms. The van der Waals surface area contributed by atoms with Crippen molar-refractivity contribution < 1.29 is 14.3 Å². The molecule has 8 heteroatoms. The predicted octanol–water partition coefficient (Wildman–Crippen LogP) is 5.75. The minimum atomic E-state index is -0.654. The van der Waals surface area contributed by atoms with Gasteiger partial charge in [0.2, 0.25) is 5.91 Å². The van der Waals surface area contributed by atoms with Crippen LogP contribution in [-0.4, -0.2) is 35.4 Å². The van der Waals surface area contributed by atoms with Crippen molar-refractivity contribution >= 4 is 46.6 Å². The average molecular weight is 486 g/mol. The molecule has 0 heterocycles. The highest BCUT2D eigenvalue weighted by Crippen LogP contribution is 2.24. The van der Waals surface area contributed by atoms with Gasteiger partial charge in [-0.1, -0.05) is 60.8 Å². The van der Waals surface area contributed by atoms with Gasteiger partial charge in [0.25, 0.3) is 5.91 Å². The lowest BCUT2D eigenvalue weighted by atomic mass is 10.1. The molecule has 31 heavy (non-hydrogen) atoms. The third-order valence-corrected chi connectivity index (χ3v) is 5.86. The van der Waals surface area contributed by atoms with E-state index in [1.807, 2.05) is 20.8 Å². The second-order valence-electron chi connectivity index (χ2n) is 7.26. The van der Waals surface area contributed by atoms with E-state index < -0.39 is 6.04 Å². The summed E-state index contributed by atoms with van der Waals surface area (Å²) in [7, 11) is 0. The van der Waals surface area contributed by atoms with Crippen LogP contribution in [0.4, 0.5) is 0 Å². The first-order valence-electron chi connectivity index (χ1n) is 10.2. The van der Waals surface area contributed by atoms with Gasteiger partial charge in [-0.2, -0.15) is 0 Å². The summed E-state index contributed by atoms with van der Waals surface area (Å²) in [5.74, 6) is -0.0438. The number of nitrogens with one attached hydrogen (secondary N) is 1. The van der Waals surface area contributed by atoms with Gasteiger partial charge in [-0.25, -0.2) is 0 Å². The van der Waals surface area contributed by atoms with Crippen LogP contribution in [0.25, 0.3) is 0 Å². The number of hydrogen-bond acceptors (Lipinski definition) is 3. The second kappa shape index (κ2) is 12.2. The van der Waals surface area contributed by atoms with Gasteiger partial charge in [0.15, 0.2) is 6.61 Å². The fourth-order valence-electron chi connectivity index (χ4n) is 2.98. The van der Waals surface area contributed by atoms with Crippen LogP contribution in [0, 0.1) is 0 Å². The van der Waals surface area contributed by atoms with E-state index in [0.29, 0.717) is 27.2 Å². The Hall–Kier alpha value is -1.95. The molecular formula is C23H27Cl3N2O3. The molecule has 2 amide bonds. The topological polar surface area (TPSA) is 58.6 Å². The number of carbonyl (C=O) groups is 2. The smallest absolute Gasteiger partial charge is 0.261 e. The zero-order chi connectivity index (χ0) is 23.0. The third kappa shape index (κ3) is 7.60. The molecule has 0 aromatic heterocycles. The van der Waals surface area contributed by atoms with Gasteiger partial charge in [0.05, 0.1) is 10.0 Å². The van der Waals surface area contributed by atoms with Crippen LogP contribution in [-0.2, 0) is 16.1 Å². The van der Waals surface area contributed by atoms with Crippen molar-refractivity contribution in [1.29, 1.82) is 0 Å². The van der Waals surface area contributed by atoms with E-state index in [1.54, 1.807) is 42.5 Å². The van der Waals surface area contributed by atoms with Crippen molar-refractivity contribution in [1.82, 2.24) is 10.2 Å². The summed E-state index contributed by atoms with van der Waals surface area (Å²) in [4.78, 5) is 27.6. The maximum Gasteiger partial charge on any atom is 0.261 e. The second-order valence-corrected chi connectivity index (χ2v) is 8.51. The Bertz CT molecular complexity index is 907. The minimum absolute atomic E-state index is 0.00573. The van der Waals surface area contributed by atoms with Crippen molar-refractivity contribution in [3.63, 3.8) is 0 Å². The quantitative estimate of drug-likeness (QED) is 0.466. The lowest BCUT2D eigenvalue weighted by Gasteiger charge is -2.31. The summed E-state index contributed by atoms with van der Waals surface area (Å²) in [6, 6.07) is 11.3. The van der Waals surface area contributed by atoms with Gasteiger partial charge in [-0.15, -0.1) is 0 Å². The SMILES string of the molecule is CCC(C)NC(=O)C(CC)N(Cc1ccc(Cl)c(Cl)c1)C(=O)COc1cccc(Cl)c1. The van der Waals surface area contributed by atoms with E-state index in [2.05, 4.69) is 5.32 Å². The summed E-state index contributed by atoms with van der Waals surface area (Å²) < 4.78 is 5.63. The molecule has 5 nitrogen and oxygen atoms in total. The Morgan fingerprint density at radius 1 is 1.03 bits per heavy atom. The molecule has 0 aliphatic rings. The van der Waals surface area contributed by atoms with Gasteiger partial charge in [-0.3, -0.25) is 9.59 Å². The fraction of sp³-hybridized carbons (Fsp3) is 0.391. The maximum atomic E-state index is 13.1. The molecule has 0 bridgehead atoms. The van der Waals surface area contributed by atoms with Crippen LogP contribution in [0.2, 0.25) is 15.1 Å². The summed E-state index contributed by atoms with van der Waals surface area (Å²) in [5.41, 5.74) is 0.764. The van der Waals surface area contributed by atoms with E-state index in [-0.39, 0.29) is 31.0 Å². The summed E-state index contributed by atoms with van der Waals surface area (Å²) in [6.07, 6.45) is 1.24. The van der Waals surface area contributed by atoms with Gasteiger partial charge in [-0.05, 0) is 55.7 Å². The maximum absolute atomic E-state index is 13.1. The van der Waals surface area contributed by atoms with Crippen molar-refractivity contribution in [2.75, 3.05) is 6.61 Å². The first-order chi connectivity index (χ1) is 14.7. The zero-order valence-electron chi connectivity index (χ0n) is 17.8. The zero-order valence-corrected chi connectivity index (χ0v) is 20.1. The lowest BCUT2D eigenvalue weighted by molar-refractivity contribution is -0.143. The monoisotopic (exact) mass is 484 g/mol. The minimum Gasteiger partial charge on any atom is -0.484 e. The van der Waals surface area contributed by atoms with Crippen molar-refractivity contribution in [3.8, 4) is 5.75 Å². The van der Waals surface area contributed by atoms with E-state index in [1.165, 1.54) is 4.90 Å². The number of amides is 2. The molecule has 2 aromatic rings. The van der Waals surface area contributed by atoms with Crippen LogP contribution < -0.4 is 10.1 Å². The van der Waals surface area contributed by atoms with Crippen LogP contribution in [0.1, 0.15) is 39.2 Å². The first kappa shape index (κ1) is 25.3. The van der Waals surface area contributed by atoms with Gasteiger partial charge < -0.3 is 15.0 Å². The van der Waals surface area contributed by atoms with Crippen molar-refractivity contribution in [2.45, 2.75) is 52.2 Å². The molecule has 2 unspecified atom stereocenters. The number of hydrogen-bond donors (Lipinski definition) is 1. The molecule has 0 aliphatic carbocycles. The number of benzene rings is 2. The Labute approximate surface area is 198 Å². The van der Waals surface area contributed by atoms with Crippen molar-refractivity contribution in [3.05, 3.63) is 63.1 Å². The Morgan fingerprint density at radius 3 is 2.39 bits per heavy atom. The molecule has 1 N–H and O–H groups in total. The normalized spacial score (nSPS) is 12.7. The summed E-state index contributed by atoms with van der Waals surface area (Å²) in [5, 5.41) is 4.29. The van der Waals surface area contributed by atoms with Crippen LogP contribution in [0.15, 0.2) is 42.5 Å². The van der Waals surface area contributed by atoms with Crippen molar-refractivity contribution in [2.24, 2.45) is 0 Å². The molecule has 168 valence electrons. The summed E-state index contributed by atoms with van der Waals surface area (Å²) >= 11 is 18.1. The Kier molecular flexibility index (Phi) is 9.94. The lowest BCUT2D eigenvalue weighted by Crippen LogP contribution is -2.51. The predicted molar refractivity (Wildman–Crippen MR) is 126 cm³/mol. The highest BCUT2D eigenvalue weighted by molar-refractivity contribution is 6.42. The van der Waals surface area contributed by atoms with E-state index in [0.717, 1.165) is 12.0 Å². The molecule has 0 fully saturated rings. The molecule has 0 radical (unpaired) electrons. The third-order valence-electron chi connectivity index (χ3n) is 4.88. The van der Waals surface area contributed by atoms with Crippen LogP contribution in [0.5, 0.6) is 5.75 Å². The highest BCUT2D eigenvalue weighted by atomic mass is 35.5. The van der Waals surface area contributed by atoms with E-state index in [4.69, 9.17) is 39.5 Å². The highest BCUT2D eigenvalue weighted by Gasteiger charge is 2.29. The molecule has 2 rings (SSSR count). The van der Waals surface area contributed by atoms with E-state index >= 15 is 0 Å². The molecule has 2 atom stereocenters. The number of rotatable bonds is 10. The number of ether oxygens (including phenoxy) is 1. The number of carbonyl (C=O) groups excluding carboxylic acids is 2. The molecule has 0 saturated carbocycles. The first-order valence-corrected chi connectivity index (χ1v) is 11.3. The number of nitrogens with zero attached hydrogens (tertiary/aromatic N) is 1.